The summed E-state index contributed by atoms with van der Waals surface area (Å²) < 4.78 is 0. The van der Waals surface area contributed by atoms with Gasteiger partial charge in [0.1, 0.15) is 0 Å². The fourth-order valence-corrected chi connectivity index (χ4v) is 0. The van der Waals surface area contributed by atoms with E-state index in [0.717, 1.165) is 0 Å². The number of carboxylic acid groups (broad SMARTS) is 4. The molecule has 0 saturated carbocycles. The smallest absolute Gasteiger partial charge is 0.652 e. The largest absolute Gasteiger partial charge is 4.00 e. The minimum atomic E-state index is -2.33. The van der Waals surface area contributed by atoms with Crippen LogP contribution in [0.3, 0.4) is 0 Å². The number of hydrogen-bond acceptors (Lipinski definition) is 6. The van der Waals surface area contributed by atoms with Crippen molar-refractivity contribution in [3.8, 4) is 0 Å². The standard InChI is InChI=1S/2CH2O3.Th/c2*2-1(3)4;/h2*(H2,2,3,4);/q;;+4/p-4. The third-order valence-electron chi connectivity index (χ3n) is 0. The van der Waals surface area contributed by atoms with Crippen LogP contribution in [-0.2, 0) is 0 Å². The molecule has 0 spiro atoms. The molecule has 0 N–H and O–H groups in total. The van der Waals surface area contributed by atoms with Crippen LogP contribution in [0.1, 0.15) is 0 Å². The van der Waals surface area contributed by atoms with Gasteiger partial charge in [0, 0.05) is 0 Å². The second-order valence-corrected chi connectivity index (χ2v) is 0.500. The normalized spacial score (nSPS) is 5.33. The van der Waals surface area contributed by atoms with Crippen molar-refractivity contribution in [2.45, 2.75) is 0 Å². The molecule has 0 aromatic rings. The first kappa shape index (κ1) is 15.9. The maximum Gasteiger partial charge on any atom is 4.00 e. The van der Waals surface area contributed by atoms with E-state index in [1.54, 1.807) is 0 Å². The van der Waals surface area contributed by atoms with E-state index < -0.39 is 12.3 Å². The maximum atomic E-state index is 8.33. The van der Waals surface area contributed by atoms with Crippen LogP contribution in [0.15, 0.2) is 0 Å². The number of rotatable bonds is 0. The van der Waals surface area contributed by atoms with Gasteiger partial charge in [-0.05, 0) is 12.3 Å². The van der Waals surface area contributed by atoms with Crippen molar-refractivity contribution in [2.24, 2.45) is 0 Å². The van der Waals surface area contributed by atoms with E-state index in [0.29, 0.717) is 0 Å². The maximum absolute atomic E-state index is 8.33. The Morgan fingerprint density at radius 1 is 0.778 bits per heavy atom. The van der Waals surface area contributed by atoms with Crippen molar-refractivity contribution in [2.75, 3.05) is 0 Å². The number of carbonyl (C=O) groups excluding carboxylic acids is 2. The Morgan fingerprint density at radius 3 is 0.778 bits per heavy atom. The predicted octanol–water partition coefficient (Wildman–Crippen LogP) is -4.89. The molecule has 0 fully saturated rings. The molecule has 0 bridgehead atoms. The first-order chi connectivity index (χ1) is 3.46. The average molecular weight is 352 g/mol. The van der Waals surface area contributed by atoms with E-state index in [1.807, 2.05) is 0 Å². The molecule has 0 atom stereocenters. The van der Waals surface area contributed by atoms with Gasteiger partial charge in [0.05, 0.1) is 0 Å². The quantitative estimate of drug-likeness (QED) is 0.430. The van der Waals surface area contributed by atoms with Crippen LogP contribution in [0.5, 0.6) is 0 Å². The second-order valence-electron chi connectivity index (χ2n) is 0.500. The van der Waals surface area contributed by atoms with E-state index in [1.165, 1.54) is 0 Å². The summed E-state index contributed by atoms with van der Waals surface area (Å²) in [5.41, 5.74) is 0. The SMILES string of the molecule is O=C([O-])[O-].O=C([O-])[O-].[Th+4]. The molecule has 0 aliphatic carbocycles. The summed E-state index contributed by atoms with van der Waals surface area (Å²) in [6.07, 6.45) is -4.67. The van der Waals surface area contributed by atoms with Crippen LogP contribution in [0.25, 0.3) is 0 Å². The summed E-state index contributed by atoms with van der Waals surface area (Å²) in [6.45, 7) is 0. The molecule has 0 saturated heterocycles. The van der Waals surface area contributed by atoms with Crippen LogP contribution < -0.4 is 20.4 Å². The van der Waals surface area contributed by atoms with Gasteiger partial charge in [-0.1, -0.05) is 0 Å². The van der Waals surface area contributed by atoms with Gasteiger partial charge in [0.25, 0.3) is 0 Å². The topological polar surface area (TPSA) is 126 Å². The van der Waals surface area contributed by atoms with E-state index in [9.17, 15) is 0 Å². The molecule has 0 rings (SSSR count). The van der Waals surface area contributed by atoms with Crippen LogP contribution >= 0.6 is 0 Å². The van der Waals surface area contributed by atoms with Crippen LogP contribution in [0, 0.1) is 39.9 Å². The molecule has 0 radical (unpaired) electrons. The van der Waals surface area contributed by atoms with Crippen molar-refractivity contribution in [1.82, 2.24) is 0 Å². The third kappa shape index (κ3) is 14800. The molecule has 0 aliphatic heterocycles. The molecular formula is C2O6Th. The van der Waals surface area contributed by atoms with Crippen molar-refractivity contribution >= 4 is 12.3 Å². The number of hydrogen-bond donors (Lipinski definition) is 0. The Labute approximate surface area is 81.8 Å². The second kappa shape index (κ2) is 10.8. The Morgan fingerprint density at radius 2 is 0.778 bits per heavy atom. The Kier molecular flexibility index (Phi) is 19.1. The fraction of sp³-hybridized carbons (Fsp3) is 0. The van der Waals surface area contributed by atoms with Gasteiger partial charge in [-0.25, -0.2) is 0 Å². The number of carbonyl (C=O) groups is 2. The molecule has 0 aliphatic rings. The van der Waals surface area contributed by atoms with E-state index >= 15 is 0 Å². The Hall–Kier alpha value is -0.135. The first-order valence-electron chi connectivity index (χ1n) is 1.22. The van der Waals surface area contributed by atoms with E-state index in [4.69, 9.17) is 30.0 Å². The summed E-state index contributed by atoms with van der Waals surface area (Å²) >= 11 is 0. The molecule has 0 heterocycles. The first-order valence-corrected chi connectivity index (χ1v) is 1.22. The Bertz CT molecular complexity index is 69.1. The average Bonchev–Trinajstić information content (AvgIpc) is 1.25. The van der Waals surface area contributed by atoms with Crippen molar-refractivity contribution in [3.63, 3.8) is 0 Å². The molecule has 6 nitrogen and oxygen atoms in total. The van der Waals surface area contributed by atoms with Gasteiger partial charge in [0.2, 0.25) is 0 Å². The van der Waals surface area contributed by atoms with Gasteiger partial charge in [-0.15, -0.1) is 0 Å². The monoisotopic (exact) mass is 352 g/mol. The minimum absolute atomic E-state index is 0. The molecule has 0 aromatic carbocycles. The van der Waals surface area contributed by atoms with Crippen LogP contribution in [-0.4, -0.2) is 12.3 Å². The molecule has 0 amide bonds. The van der Waals surface area contributed by atoms with Crippen LogP contribution in [0.4, 0.5) is 9.59 Å². The van der Waals surface area contributed by atoms with Gasteiger partial charge >= 0.3 is 39.9 Å². The summed E-state index contributed by atoms with van der Waals surface area (Å²) in [6, 6.07) is 0. The van der Waals surface area contributed by atoms with Gasteiger partial charge in [0.15, 0.2) is 0 Å². The zero-order valence-corrected chi connectivity index (χ0v) is 8.06. The van der Waals surface area contributed by atoms with Gasteiger partial charge in [-0.3, -0.25) is 0 Å². The predicted molar refractivity (Wildman–Crippen MR) is 10.8 cm³/mol. The minimum Gasteiger partial charge on any atom is -0.652 e. The summed E-state index contributed by atoms with van der Waals surface area (Å²) in [7, 11) is 0. The van der Waals surface area contributed by atoms with Gasteiger partial charge in [-0.2, -0.15) is 0 Å². The van der Waals surface area contributed by atoms with Crippen LogP contribution in [0.2, 0.25) is 0 Å². The molecular weight excluding hydrogens is 352 g/mol. The van der Waals surface area contributed by atoms with E-state index in [2.05, 4.69) is 0 Å². The summed E-state index contributed by atoms with van der Waals surface area (Å²) in [5.74, 6) is 0. The zero-order chi connectivity index (χ0) is 7.15. The molecule has 7 heteroatoms. The third-order valence-corrected chi connectivity index (χ3v) is 0. The molecule has 0 unspecified atom stereocenters. The molecule has 9 heavy (non-hydrogen) atoms. The van der Waals surface area contributed by atoms with E-state index in [-0.39, 0.29) is 39.9 Å². The van der Waals surface area contributed by atoms with Gasteiger partial charge < -0.3 is 30.0 Å². The van der Waals surface area contributed by atoms with Crippen molar-refractivity contribution < 1.29 is 70.0 Å². The fourth-order valence-electron chi connectivity index (χ4n) is 0. The summed E-state index contributed by atoms with van der Waals surface area (Å²) in [5, 5.41) is 33.3. The Balaban J connectivity index is -0.0000000720. The zero-order valence-electron chi connectivity index (χ0n) is 3.95. The van der Waals surface area contributed by atoms with Crippen molar-refractivity contribution in [1.29, 1.82) is 0 Å². The van der Waals surface area contributed by atoms with Crippen molar-refractivity contribution in [3.05, 3.63) is 0 Å². The molecule has 0 aromatic heterocycles. The summed E-state index contributed by atoms with van der Waals surface area (Å²) in [4.78, 5) is 16.7. The molecule has 48 valence electrons.